The van der Waals surface area contributed by atoms with Gasteiger partial charge in [-0.15, -0.1) is 0 Å². The number of hydrogen-bond donors (Lipinski definition) is 3. The summed E-state index contributed by atoms with van der Waals surface area (Å²) in [6.07, 6.45) is 8.80. The minimum Gasteiger partial charge on any atom is -0.512 e. The van der Waals surface area contributed by atoms with E-state index in [1.165, 1.54) is 0 Å². The number of aliphatic imine (C=N–C) groups is 1. The Balaban J connectivity index is 1.87. The van der Waals surface area contributed by atoms with E-state index in [9.17, 15) is 15.0 Å². The van der Waals surface area contributed by atoms with E-state index >= 15 is 0 Å². The second kappa shape index (κ2) is 6.09. The maximum atomic E-state index is 11.8. The van der Waals surface area contributed by atoms with Crippen LogP contribution < -0.4 is 5.32 Å². The van der Waals surface area contributed by atoms with Crippen LogP contribution in [0.2, 0.25) is 0 Å². The van der Waals surface area contributed by atoms with E-state index in [2.05, 4.69) is 5.32 Å². The van der Waals surface area contributed by atoms with Gasteiger partial charge in [-0.05, 0) is 42.4 Å². The lowest BCUT2D eigenvalue weighted by atomic mass is 9.92. The number of nitrogens with zero attached hydrogens (tertiary/aromatic N) is 1. The number of carbonyl (C=O) groups excluding carboxylic acids is 1. The SMILES string of the molecule is O=C1C=CC2=NC(c3cccc(O)c3)=C(C3=CCCC(O)=C3)NC2C1. The number of rotatable bonds is 2. The zero-order valence-corrected chi connectivity index (χ0v) is 13.6. The molecule has 5 heteroatoms. The van der Waals surface area contributed by atoms with Crippen LogP contribution >= 0.6 is 0 Å². The summed E-state index contributed by atoms with van der Waals surface area (Å²) in [4.78, 5) is 16.5. The Morgan fingerprint density at radius 1 is 1.20 bits per heavy atom. The molecule has 0 fully saturated rings. The van der Waals surface area contributed by atoms with Crippen molar-refractivity contribution < 1.29 is 15.0 Å². The van der Waals surface area contributed by atoms with Gasteiger partial charge in [0, 0.05) is 18.4 Å². The molecule has 3 aliphatic rings. The average Bonchev–Trinajstić information content (AvgIpc) is 2.60. The fourth-order valence-electron chi connectivity index (χ4n) is 3.28. The molecule has 0 radical (unpaired) electrons. The number of aliphatic hydroxyl groups is 1. The van der Waals surface area contributed by atoms with Gasteiger partial charge >= 0.3 is 0 Å². The highest BCUT2D eigenvalue weighted by molar-refractivity contribution is 6.13. The molecule has 0 saturated carbocycles. The van der Waals surface area contributed by atoms with Crippen LogP contribution in [0.3, 0.4) is 0 Å². The predicted octanol–water partition coefficient (Wildman–Crippen LogP) is 3.16. The number of benzene rings is 1. The Kier molecular flexibility index (Phi) is 3.76. The van der Waals surface area contributed by atoms with Crippen LogP contribution in [0.5, 0.6) is 5.75 Å². The highest BCUT2D eigenvalue weighted by Gasteiger charge is 2.29. The van der Waals surface area contributed by atoms with Crippen molar-refractivity contribution in [1.82, 2.24) is 5.32 Å². The number of allylic oxidation sites excluding steroid dienone is 4. The van der Waals surface area contributed by atoms with Gasteiger partial charge in [0.15, 0.2) is 5.78 Å². The summed E-state index contributed by atoms with van der Waals surface area (Å²) < 4.78 is 0. The zero-order valence-electron chi connectivity index (χ0n) is 13.6. The highest BCUT2D eigenvalue weighted by atomic mass is 16.3. The molecule has 1 unspecified atom stereocenters. The van der Waals surface area contributed by atoms with Crippen LogP contribution in [-0.2, 0) is 4.79 Å². The monoisotopic (exact) mass is 334 g/mol. The quantitative estimate of drug-likeness (QED) is 0.776. The van der Waals surface area contributed by atoms with E-state index in [1.807, 2.05) is 12.1 Å². The van der Waals surface area contributed by atoms with Crippen molar-refractivity contribution in [2.45, 2.75) is 25.3 Å². The molecule has 1 heterocycles. The van der Waals surface area contributed by atoms with Crippen molar-refractivity contribution in [2.75, 3.05) is 0 Å². The van der Waals surface area contributed by atoms with Crippen LogP contribution in [0.15, 0.2) is 70.6 Å². The van der Waals surface area contributed by atoms with E-state index < -0.39 is 0 Å². The first-order valence-corrected chi connectivity index (χ1v) is 8.30. The van der Waals surface area contributed by atoms with Gasteiger partial charge in [0.2, 0.25) is 0 Å². The van der Waals surface area contributed by atoms with Gasteiger partial charge in [-0.25, -0.2) is 4.99 Å². The summed E-state index contributed by atoms with van der Waals surface area (Å²) in [6.45, 7) is 0. The van der Waals surface area contributed by atoms with Crippen molar-refractivity contribution in [2.24, 2.45) is 4.99 Å². The highest BCUT2D eigenvalue weighted by Crippen LogP contribution is 2.33. The normalized spacial score (nSPS) is 22.6. The largest absolute Gasteiger partial charge is 0.512 e. The number of aromatic hydroxyl groups is 1. The van der Waals surface area contributed by atoms with Crippen molar-refractivity contribution in [1.29, 1.82) is 0 Å². The van der Waals surface area contributed by atoms with Gasteiger partial charge in [-0.3, -0.25) is 4.79 Å². The Labute approximate surface area is 145 Å². The standard InChI is InChI=1S/C20H18N2O3/c23-14-5-1-3-12(9-14)19-20(13-4-2-6-15(24)10-13)22-18-11-16(25)7-8-17(18)21-19/h1,3-5,7-10,18,22-24H,2,6,11H2. The molecule has 1 atom stereocenters. The fourth-order valence-corrected chi connectivity index (χ4v) is 3.28. The number of ketones is 1. The lowest BCUT2D eigenvalue weighted by molar-refractivity contribution is -0.114. The molecule has 4 rings (SSSR count). The Bertz CT molecular complexity index is 903. The molecule has 3 N–H and O–H groups in total. The molecule has 0 bridgehead atoms. The lowest BCUT2D eigenvalue weighted by Gasteiger charge is -2.30. The predicted molar refractivity (Wildman–Crippen MR) is 96.2 cm³/mol. The van der Waals surface area contributed by atoms with Gasteiger partial charge in [-0.1, -0.05) is 18.2 Å². The maximum absolute atomic E-state index is 11.8. The van der Waals surface area contributed by atoms with Crippen LogP contribution in [-0.4, -0.2) is 27.7 Å². The third-order valence-corrected chi connectivity index (χ3v) is 4.49. The second-order valence-corrected chi connectivity index (χ2v) is 6.35. The van der Waals surface area contributed by atoms with Gasteiger partial charge in [0.1, 0.15) is 5.75 Å². The second-order valence-electron chi connectivity index (χ2n) is 6.35. The smallest absolute Gasteiger partial charge is 0.158 e. The van der Waals surface area contributed by atoms with E-state index in [1.54, 1.807) is 36.4 Å². The van der Waals surface area contributed by atoms with Crippen LogP contribution in [0.1, 0.15) is 24.8 Å². The Morgan fingerprint density at radius 2 is 2.08 bits per heavy atom. The number of fused-ring (bicyclic) bond motifs is 1. The number of nitrogens with one attached hydrogen (secondary N) is 1. The molecule has 0 aromatic heterocycles. The van der Waals surface area contributed by atoms with Crippen molar-refractivity contribution in [3.63, 3.8) is 0 Å². The number of aliphatic hydroxyl groups excluding tert-OH is 1. The summed E-state index contributed by atoms with van der Waals surface area (Å²) >= 11 is 0. The minimum atomic E-state index is -0.174. The molecule has 0 amide bonds. The molecule has 0 spiro atoms. The third kappa shape index (κ3) is 3.01. The van der Waals surface area contributed by atoms with Crippen LogP contribution in [0, 0.1) is 0 Å². The number of hydrogen-bond acceptors (Lipinski definition) is 5. The van der Waals surface area contributed by atoms with E-state index in [0.29, 0.717) is 24.3 Å². The number of carbonyl (C=O) groups is 1. The van der Waals surface area contributed by atoms with E-state index in [0.717, 1.165) is 29.0 Å². The molecule has 25 heavy (non-hydrogen) atoms. The van der Waals surface area contributed by atoms with Crippen LogP contribution in [0.25, 0.3) is 5.70 Å². The average molecular weight is 334 g/mol. The first-order chi connectivity index (χ1) is 12.1. The number of phenols is 1. The maximum Gasteiger partial charge on any atom is 0.158 e. The Morgan fingerprint density at radius 3 is 2.88 bits per heavy atom. The summed E-state index contributed by atoms with van der Waals surface area (Å²) in [5.41, 5.74) is 3.89. The molecule has 126 valence electrons. The van der Waals surface area contributed by atoms with Crippen molar-refractivity contribution in [3.05, 3.63) is 71.2 Å². The van der Waals surface area contributed by atoms with Gasteiger partial charge < -0.3 is 15.5 Å². The van der Waals surface area contributed by atoms with Crippen molar-refractivity contribution in [3.8, 4) is 5.75 Å². The Hall–Kier alpha value is -3.08. The van der Waals surface area contributed by atoms with Gasteiger partial charge in [-0.2, -0.15) is 0 Å². The summed E-state index contributed by atoms with van der Waals surface area (Å²) in [5.74, 6) is 0.557. The van der Waals surface area contributed by atoms with E-state index in [4.69, 9.17) is 4.99 Å². The molecular formula is C20H18N2O3. The van der Waals surface area contributed by atoms with Gasteiger partial charge in [0.25, 0.3) is 0 Å². The minimum absolute atomic E-state index is 0.0626. The molecule has 5 nitrogen and oxygen atoms in total. The molecule has 0 saturated heterocycles. The van der Waals surface area contributed by atoms with Gasteiger partial charge in [0.05, 0.1) is 28.9 Å². The summed E-state index contributed by atoms with van der Waals surface area (Å²) in [7, 11) is 0. The number of phenolic OH excluding ortho intramolecular Hbond substituents is 1. The molecule has 2 aliphatic carbocycles. The molecule has 1 aromatic carbocycles. The zero-order chi connectivity index (χ0) is 17.4. The fraction of sp³-hybridized carbons (Fsp3) is 0.200. The third-order valence-electron chi connectivity index (χ3n) is 4.49. The molecule has 1 aromatic rings. The molecular weight excluding hydrogens is 316 g/mol. The lowest BCUT2D eigenvalue weighted by Crippen LogP contribution is -2.42. The van der Waals surface area contributed by atoms with Crippen LogP contribution in [0.4, 0.5) is 0 Å². The first kappa shape index (κ1) is 15.4. The first-order valence-electron chi connectivity index (χ1n) is 8.30. The van der Waals surface area contributed by atoms with Crippen molar-refractivity contribution >= 4 is 17.2 Å². The van der Waals surface area contributed by atoms with E-state index in [-0.39, 0.29) is 17.6 Å². The summed E-state index contributed by atoms with van der Waals surface area (Å²) in [5, 5.41) is 23.2. The summed E-state index contributed by atoms with van der Waals surface area (Å²) in [6, 6.07) is 6.75. The topological polar surface area (TPSA) is 81.9 Å². The molecule has 1 aliphatic heterocycles.